The van der Waals surface area contributed by atoms with Gasteiger partial charge in [-0.05, 0) is 37.1 Å². The van der Waals surface area contributed by atoms with E-state index < -0.39 is 0 Å². The van der Waals surface area contributed by atoms with Gasteiger partial charge in [0, 0.05) is 28.0 Å². The molecular formula is C14H12Cl2N4O. The third-order valence-electron chi connectivity index (χ3n) is 2.92. The van der Waals surface area contributed by atoms with Crippen molar-refractivity contribution >= 4 is 40.7 Å². The Labute approximate surface area is 131 Å². The Hall–Kier alpha value is -1.85. The molecule has 1 heterocycles. The van der Waals surface area contributed by atoms with E-state index in [2.05, 4.69) is 20.6 Å². The van der Waals surface area contributed by atoms with E-state index in [1.54, 1.807) is 30.5 Å². The zero-order valence-electron chi connectivity index (χ0n) is 10.9. The van der Waals surface area contributed by atoms with Crippen LogP contribution in [0.1, 0.15) is 23.3 Å². The predicted molar refractivity (Wildman–Crippen MR) is 83.1 cm³/mol. The molecule has 1 fully saturated rings. The fraction of sp³-hybridized carbons (Fsp3) is 0.214. The van der Waals surface area contributed by atoms with Crippen molar-refractivity contribution in [3.8, 4) is 0 Å². The largest absolute Gasteiger partial charge is 0.351 e. The van der Waals surface area contributed by atoms with Gasteiger partial charge in [0.1, 0.15) is 5.69 Å². The summed E-state index contributed by atoms with van der Waals surface area (Å²) in [6.45, 7) is 0. The van der Waals surface area contributed by atoms with E-state index >= 15 is 0 Å². The van der Waals surface area contributed by atoms with E-state index in [9.17, 15) is 4.79 Å². The SMILES string of the molecule is O=C(Nc1cc(Cl)cc(Cl)c1)c1ccnc(NC2CC2)n1. The molecule has 0 aliphatic heterocycles. The van der Waals surface area contributed by atoms with Crippen molar-refractivity contribution in [3.63, 3.8) is 0 Å². The van der Waals surface area contributed by atoms with Gasteiger partial charge < -0.3 is 10.6 Å². The lowest BCUT2D eigenvalue weighted by Crippen LogP contribution is -2.15. The fourth-order valence-corrected chi connectivity index (χ4v) is 2.31. The molecule has 2 N–H and O–H groups in total. The first-order chi connectivity index (χ1) is 10.1. The van der Waals surface area contributed by atoms with Gasteiger partial charge in [0.05, 0.1) is 0 Å². The first kappa shape index (κ1) is 14.1. The van der Waals surface area contributed by atoms with Crippen molar-refractivity contribution in [2.75, 3.05) is 10.6 Å². The number of carbonyl (C=O) groups is 1. The highest BCUT2D eigenvalue weighted by atomic mass is 35.5. The number of aromatic nitrogens is 2. The van der Waals surface area contributed by atoms with Crippen LogP contribution >= 0.6 is 23.2 Å². The quantitative estimate of drug-likeness (QED) is 0.902. The highest BCUT2D eigenvalue weighted by Gasteiger charge is 2.22. The van der Waals surface area contributed by atoms with E-state index in [4.69, 9.17) is 23.2 Å². The molecule has 7 heteroatoms. The molecule has 21 heavy (non-hydrogen) atoms. The Morgan fingerprint density at radius 1 is 1.19 bits per heavy atom. The summed E-state index contributed by atoms with van der Waals surface area (Å²) in [7, 11) is 0. The number of rotatable bonds is 4. The lowest BCUT2D eigenvalue weighted by atomic mass is 10.3. The highest BCUT2D eigenvalue weighted by molar-refractivity contribution is 6.35. The first-order valence-corrected chi connectivity index (χ1v) is 7.23. The number of anilines is 2. The topological polar surface area (TPSA) is 66.9 Å². The molecule has 1 aromatic carbocycles. The fourth-order valence-electron chi connectivity index (χ4n) is 1.79. The Morgan fingerprint density at radius 3 is 2.57 bits per heavy atom. The number of halogens is 2. The molecule has 108 valence electrons. The van der Waals surface area contributed by atoms with Gasteiger partial charge in [0.15, 0.2) is 0 Å². The van der Waals surface area contributed by atoms with Gasteiger partial charge in [-0.15, -0.1) is 0 Å². The van der Waals surface area contributed by atoms with Crippen LogP contribution < -0.4 is 10.6 Å². The minimum atomic E-state index is -0.338. The van der Waals surface area contributed by atoms with Gasteiger partial charge in [0.25, 0.3) is 5.91 Å². The Bertz CT molecular complexity index is 668. The van der Waals surface area contributed by atoms with Gasteiger partial charge in [0.2, 0.25) is 5.95 Å². The van der Waals surface area contributed by atoms with Gasteiger partial charge in [-0.2, -0.15) is 0 Å². The first-order valence-electron chi connectivity index (χ1n) is 6.47. The number of benzene rings is 1. The average molecular weight is 323 g/mol. The maximum Gasteiger partial charge on any atom is 0.274 e. The Balaban J connectivity index is 1.74. The van der Waals surface area contributed by atoms with Crippen LogP contribution in [0.5, 0.6) is 0 Å². The second-order valence-electron chi connectivity index (χ2n) is 4.80. The maximum absolute atomic E-state index is 12.2. The molecule has 1 saturated carbocycles. The monoisotopic (exact) mass is 322 g/mol. The van der Waals surface area contributed by atoms with Crippen LogP contribution in [0.25, 0.3) is 0 Å². The molecule has 1 aromatic heterocycles. The van der Waals surface area contributed by atoms with E-state index in [0.29, 0.717) is 27.7 Å². The maximum atomic E-state index is 12.2. The summed E-state index contributed by atoms with van der Waals surface area (Å²) in [6, 6.07) is 6.82. The second kappa shape index (κ2) is 5.87. The summed E-state index contributed by atoms with van der Waals surface area (Å²) in [5.74, 6) is 0.129. The molecule has 3 rings (SSSR count). The smallest absolute Gasteiger partial charge is 0.274 e. The predicted octanol–water partition coefficient (Wildman–Crippen LogP) is 3.61. The Kier molecular flexibility index (Phi) is 3.94. The summed E-state index contributed by atoms with van der Waals surface area (Å²) < 4.78 is 0. The van der Waals surface area contributed by atoms with Gasteiger partial charge in [-0.3, -0.25) is 4.79 Å². The van der Waals surface area contributed by atoms with Crippen molar-refractivity contribution in [3.05, 3.63) is 46.2 Å². The molecule has 1 amide bonds. The van der Waals surface area contributed by atoms with Crippen molar-refractivity contribution in [1.29, 1.82) is 0 Å². The van der Waals surface area contributed by atoms with Crippen LogP contribution in [0.3, 0.4) is 0 Å². The summed E-state index contributed by atoms with van der Waals surface area (Å²) in [4.78, 5) is 20.5. The van der Waals surface area contributed by atoms with Gasteiger partial charge in [-0.1, -0.05) is 23.2 Å². The standard InChI is InChI=1S/C14H12Cl2N4O/c15-8-5-9(16)7-11(6-8)18-13(21)12-3-4-17-14(20-12)19-10-1-2-10/h3-7,10H,1-2H2,(H,18,21)(H,17,19,20). The zero-order chi connectivity index (χ0) is 14.8. The van der Waals surface area contributed by atoms with E-state index in [0.717, 1.165) is 12.8 Å². The number of hydrogen-bond donors (Lipinski definition) is 2. The Morgan fingerprint density at radius 2 is 1.90 bits per heavy atom. The van der Waals surface area contributed by atoms with Crippen LogP contribution in [0.4, 0.5) is 11.6 Å². The number of amides is 1. The molecule has 0 radical (unpaired) electrons. The highest BCUT2D eigenvalue weighted by Crippen LogP contribution is 2.24. The van der Waals surface area contributed by atoms with Crippen molar-refractivity contribution in [2.45, 2.75) is 18.9 Å². The third kappa shape index (κ3) is 3.83. The minimum Gasteiger partial charge on any atom is -0.351 e. The number of carbonyl (C=O) groups excluding carboxylic acids is 1. The van der Waals surface area contributed by atoms with E-state index in [1.807, 2.05) is 0 Å². The van der Waals surface area contributed by atoms with E-state index in [1.165, 1.54) is 0 Å². The van der Waals surface area contributed by atoms with Crippen molar-refractivity contribution in [1.82, 2.24) is 9.97 Å². The van der Waals surface area contributed by atoms with Crippen LogP contribution in [-0.4, -0.2) is 21.9 Å². The van der Waals surface area contributed by atoms with Crippen molar-refractivity contribution < 1.29 is 4.79 Å². The molecule has 2 aromatic rings. The van der Waals surface area contributed by atoms with Gasteiger partial charge in [-0.25, -0.2) is 9.97 Å². The van der Waals surface area contributed by atoms with Crippen LogP contribution in [0.15, 0.2) is 30.5 Å². The summed E-state index contributed by atoms with van der Waals surface area (Å²) in [5, 5.41) is 6.77. The van der Waals surface area contributed by atoms with Crippen LogP contribution in [0, 0.1) is 0 Å². The molecule has 1 aliphatic carbocycles. The lowest BCUT2D eigenvalue weighted by molar-refractivity contribution is 0.102. The number of hydrogen-bond acceptors (Lipinski definition) is 4. The van der Waals surface area contributed by atoms with Crippen LogP contribution in [0.2, 0.25) is 10.0 Å². The summed E-state index contributed by atoms with van der Waals surface area (Å²) in [6.07, 6.45) is 3.78. The lowest BCUT2D eigenvalue weighted by Gasteiger charge is -2.07. The minimum absolute atomic E-state index is 0.282. The second-order valence-corrected chi connectivity index (χ2v) is 5.67. The molecule has 0 bridgehead atoms. The van der Waals surface area contributed by atoms with E-state index in [-0.39, 0.29) is 11.6 Å². The third-order valence-corrected chi connectivity index (χ3v) is 3.36. The molecule has 5 nitrogen and oxygen atoms in total. The molecule has 0 atom stereocenters. The summed E-state index contributed by atoms with van der Waals surface area (Å²) in [5.41, 5.74) is 0.803. The molecule has 0 spiro atoms. The molecule has 0 unspecified atom stereocenters. The average Bonchev–Trinajstić information content (AvgIpc) is 3.21. The molecule has 1 aliphatic rings. The molecule has 0 saturated heterocycles. The van der Waals surface area contributed by atoms with Gasteiger partial charge >= 0.3 is 0 Å². The summed E-state index contributed by atoms with van der Waals surface area (Å²) >= 11 is 11.8. The van der Waals surface area contributed by atoms with Crippen LogP contribution in [-0.2, 0) is 0 Å². The number of nitrogens with zero attached hydrogens (tertiary/aromatic N) is 2. The zero-order valence-corrected chi connectivity index (χ0v) is 12.4. The normalized spacial score (nSPS) is 13.8. The molecular weight excluding hydrogens is 311 g/mol. The van der Waals surface area contributed by atoms with Crippen molar-refractivity contribution in [2.24, 2.45) is 0 Å². The number of nitrogens with one attached hydrogen (secondary N) is 2.